The summed E-state index contributed by atoms with van der Waals surface area (Å²) >= 11 is 0. The van der Waals surface area contributed by atoms with Gasteiger partial charge in [-0.25, -0.2) is 0 Å². The predicted molar refractivity (Wildman–Crippen MR) is 57.8 cm³/mol. The number of fused-ring (bicyclic) bond motifs is 2. The molecule has 1 aromatic rings. The van der Waals surface area contributed by atoms with E-state index in [-0.39, 0.29) is 0 Å². The van der Waals surface area contributed by atoms with Gasteiger partial charge in [0.15, 0.2) is 0 Å². The van der Waals surface area contributed by atoms with Crippen molar-refractivity contribution in [3.8, 4) is 0 Å². The zero-order valence-corrected chi connectivity index (χ0v) is 9.44. The van der Waals surface area contributed by atoms with E-state index in [4.69, 9.17) is 4.52 Å². The molecule has 0 radical (unpaired) electrons. The van der Waals surface area contributed by atoms with Gasteiger partial charge in [0, 0.05) is 24.1 Å². The Morgan fingerprint density at radius 3 is 3.00 bits per heavy atom. The summed E-state index contributed by atoms with van der Waals surface area (Å²) in [6.45, 7) is 2.00. The van der Waals surface area contributed by atoms with Crippen molar-refractivity contribution in [3.05, 3.63) is 17.5 Å². The first-order valence-electron chi connectivity index (χ1n) is 5.91. The van der Waals surface area contributed by atoms with Gasteiger partial charge in [-0.1, -0.05) is 11.6 Å². The van der Waals surface area contributed by atoms with Crippen molar-refractivity contribution in [2.24, 2.45) is 0 Å². The van der Waals surface area contributed by atoms with Crippen LogP contribution in [0.3, 0.4) is 0 Å². The van der Waals surface area contributed by atoms with Crippen LogP contribution in [-0.4, -0.2) is 29.2 Å². The third kappa shape index (κ3) is 1.41. The van der Waals surface area contributed by atoms with Crippen LogP contribution >= 0.6 is 0 Å². The van der Waals surface area contributed by atoms with Gasteiger partial charge in [-0.3, -0.25) is 4.90 Å². The third-order valence-corrected chi connectivity index (χ3v) is 4.14. The Morgan fingerprint density at radius 2 is 2.33 bits per heavy atom. The van der Waals surface area contributed by atoms with E-state index in [2.05, 4.69) is 23.2 Å². The molecule has 3 atom stereocenters. The van der Waals surface area contributed by atoms with Crippen molar-refractivity contribution >= 4 is 0 Å². The molecule has 15 heavy (non-hydrogen) atoms. The molecule has 3 heteroatoms. The lowest BCUT2D eigenvalue weighted by molar-refractivity contribution is 0.170. The summed E-state index contributed by atoms with van der Waals surface area (Å²) in [5, 5.41) is 4.01. The second-order valence-electron chi connectivity index (χ2n) is 5.03. The fraction of sp³-hybridized carbons (Fsp3) is 0.750. The summed E-state index contributed by atoms with van der Waals surface area (Å²) in [5.74, 6) is 1.69. The highest BCUT2D eigenvalue weighted by Crippen LogP contribution is 2.43. The Bertz CT molecular complexity index is 360. The first-order chi connectivity index (χ1) is 7.25. The van der Waals surface area contributed by atoms with Gasteiger partial charge in [0.25, 0.3) is 0 Å². The number of aryl methyl sites for hydroxylation is 1. The van der Waals surface area contributed by atoms with Gasteiger partial charge in [0.1, 0.15) is 5.76 Å². The van der Waals surface area contributed by atoms with Gasteiger partial charge in [0.2, 0.25) is 0 Å². The molecular weight excluding hydrogens is 188 g/mol. The SMILES string of the molecule is Cc1cc(C2CC3CCCC2N3C)on1. The van der Waals surface area contributed by atoms with Gasteiger partial charge in [-0.15, -0.1) is 0 Å². The monoisotopic (exact) mass is 206 g/mol. The molecular formula is C12H18N2O. The lowest BCUT2D eigenvalue weighted by atomic mass is 9.95. The summed E-state index contributed by atoms with van der Waals surface area (Å²) in [5.41, 5.74) is 1.01. The number of piperidine rings is 1. The fourth-order valence-electron chi connectivity index (χ4n) is 3.32. The highest BCUT2D eigenvalue weighted by atomic mass is 16.5. The lowest BCUT2D eigenvalue weighted by Crippen LogP contribution is -2.37. The quantitative estimate of drug-likeness (QED) is 0.706. The summed E-state index contributed by atoms with van der Waals surface area (Å²) in [6.07, 6.45) is 5.31. The van der Waals surface area contributed by atoms with Crippen LogP contribution in [0.4, 0.5) is 0 Å². The molecule has 0 amide bonds. The second-order valence-corrected chi connectivity index (χ2v) is 5.03. The minimum atomic E-state index is 0.587. The summed E-state index contributed by atoms with van der Waals surface area (Å²) in [7, 11) is 2.26. The summed E-state index contributed by atoms with van der Waals surface area (Å²) in [6, 6.07) is 3.58. The van der Waals surface area contributed by atoms with E-state index in [0.717, 1.165) is 17.5 Å². The van der Waals surface area contributed by atoms with E-state index in [1.807, 2.05) is 6.92 Å². The van der Waals surface area contributed by atoms with Crippen LogP contribution < -0.4 is 0 Å². The maximum absolute atomic E-state index is 5.43. The zero-order valence-electron chi connectivity index (χ0n) is 9.44. The van der Waals surface area contributed by atoms with Crippen molar-refractivity contribution in [3.63, 3.8) is 0 Å². The van der Waals surface area contributed by atoms with E-state index in [1.165, 1.54) is 25.7 Å². The molecule has 0 aliphatic carbocycles. The van der Waals surface area contributed by atoms with Crippen LogP contribution in [0.15, 0.2) is 10.6 Å². The van der Waals surface area contributed by atoms with Gasteiger partial charge in [-0.05, 0) is 33.2 Å². The molecule has 0 aromatic carbocycles. The highest BCUT2D eigenvalue weighted by molar-refractivity contribution is 5.16. The second kappa shape index (κ2) is 3.34. The predicted octanol–water partition coefficient (Wildman–Crippen LogP) is 2.32. The minimum Gasteiger partial charge on any atom is -0.361 e. The molecule has 2 aliphatic rings. The first-order valence-corrected chi connectivity index (χ1v) is 5.91. The molecule has 0 spiro atoms. The maximum Gasteiger partial charge on any atom is 0.141 e. The van der Waals surface area contributed by atoms with Crippen LogP contribution in [0.2, 0.25) is 0 Å². The Balaban J connectivity index is 1.89. The number of hydrogen-bond acceptors (Lipinski definition) is 3. The van der Waals surface area contributed by atoms with Crippen LogP contribution in [0, 0.1) is 6.92 Å². The molecule has 3 heterocycles. The van der Waals surface area contributed by atoms with Crippen LogP contribution in [0.1, 0.15) is 43.1 Å². The lowest BCUT2D eigenvalue weighted by Gasteiger charge is -2.31. The molecule has 1 aromatic heterocycles. The zero-order chi connectivity index (χ0) is 10.4. The minimum absolute atomic E-state index is 0.587. The third-order valence-electron chi connectivity index (χ3n) is 4.14. The fourth-order valence-corrected chi connectivity index (χ4v) is 3.32. The van der Waals surface area contributed by atoms with E-state index < -0.39 is 0 Å². The normalized spacial score (nSPS) is 36.0. The molecule has 2 fully saturated rings. The number of nitrogens with zero attached hydrogens (tertiary/aromatic N) is 2. The van der Waals surface area contributed by atoms with Crippen LogP contribution in [0.5, 0.6) is 0 Å². The average Bonchev–Trinajstić information content (AvgIpc) is 2.68. The van der Waals surface area contributed by atoms with Crippen molar-refractivity contribution in [2.75, 3.05) is 7.05 Å². The maximum atomic E-state index is 5.43. The van der Waals surface area contributed by atoms with E-state index in [9.17, 15) is 0 Å². The average molecular weight is 206 g/mol. The van der Waals surface area contributed by atoms with Crippen molar-refractivity contribution in [1.29, 1.82) is 0 Å². The van der Waals surface area contributed by atoms with E-state index in [1.54, 1.807) is 0 Å². The molecule has 3 rings (SSSR count). The Morgan fingerprint density at radius 1 is 1.47 bits per heavy atom. The number of aromatic nitrogens is 1. The van der Waals surface area contributed by atoms with Gasteiger partial charge >= 0.3 is 0 Å². The van der Waals surface area contributed by atoms with E-state index >= 15 is 0 Å². The van der Waals surface area contributed by atoms with Crippen LogP contribution in [-0.2, 0) is 0 Å². The smallest absolute Gasteiger partial charge is 0.141 e. The number of rotatable bonds is 1. The largest absolute Gasteiger partial charge is 0.361 e. The van der Waals surface area contributed by atoms with E-state index in [0.29, 0.717) is 12.0 Å². The summed E-state index contributed by atoms with van der Waals surface area (Å²) < 4.78 is 5.43. The Labute approximate surface area is 90.4 Å². The van der Waals surface area contributed by atoms with Gasteiger partial charge in [0.05, 0.1) is 5.69 Å². The van der Waals surface area contributed by atoms with Gasteiger partial charge in [-0.2, -0.15) is 0 Å². The van der Waals surface area contributed by atoms with Crippen molar-refractivity contribution < 1.29 is 4.52 Å². The number of likely N-dealkylation sites (N-methyl/N-ethyl adjacent to an activating group) is 1. The van der Waals surface area contributed by atoms with Crippen molar-refractivity contribution in [1.82, 2.24) is 10.1 Å². The molecule has 3 nitrogen and oxygen atoms in total. The topological polar surface area (TPSA) is 29.3 Å². The Kier molecular flexibility index (Phi) is 2.09. The summed E-state index contributed by atoms with van der Waals surface area (Å²) in [4.78, 5) is 2.55. The molecule has 2 saturated heterocycles. The highest BCUT2D eigenvalue weighted by Gasteiger charge is 2.43. The molecule has 3 unspecified atom stereocenters. The van der Waals surface area contributed by atoms with Gasteiger partial charge < -0.3 is 4.52 Å². The molecule has 0 N–H and O–H groups in total. The molecule has 2 aliphatic heterocycles. The number of hydrogen-bond donors (Lipinski definition) is 0. The first kappa shape index (κ1) is 9.40. The Hall–Kier alpha value is -0.830. The van der Waals surface area contributed by atoms with Crippen molar-refractivity contribution in [2.45, 2.75) is 50.6 Å². The molecule has 0 saturated carbocycles. The molecule has 82 valence electrons. The molecule has 2 bridgehead atoms. The standard InChI is InChI=1S/C12H18N2O/c1-8-6-12(15-13-8)10-7-9-4-3-5-11(10)14(9)2/h6,9-11H,3-5,7H2,1-2H3. The van der Waals surface area contributed by atoms with Crippen LogP contribution in [0.25, 0.3) is 0 Å².